The molecule has 0 spiro atoms. The van der Waals surface area contributed by atoms with Gasteiger partial charge in [-0.1, -0.05) is 6.07 Å². The highest BCUT2D eigenvalue weighted by atomic mass is 19.4. The highest BCUT2D eigenvalue weighted by molar-refractivity contribution is 5.59. The first kappa shape index (κ1) is 16.6. The van der Waals surface area contributed by atoms with Crippen molar-refractivity contribution >= 4 is 23.1 Å². The van der Waals surface area contributed by atoms with E-state index >= 15 is 0 Å². The number of benzene rings is 1. The summed E-state index contributed by atoms with van der Waals surface area (Å²) in [6.45, 7) is 1.65. The van der Waals surface area contributed by atoms with Gasteiger partial charge in [-0.2, -0.15) is 22.7 Å². The number of aromatic nitrogens is 3. The average molecular weight is 363 g/mol. The summed E-state index contributed by atoms with van der Waals surface area (Å²) in [5.41, 5.74) is 0.397. The SMILES string of the molecule is OCC1CN(c2cccc3nc(Nc4ccc(C(F)(F)F)cc4)nn23)C1. The van der Waals surface area contributed by atoms with Crippen molar-refractivity contribution in [3.8, 4) is 0 Å². The number of pyridine rings is 1. The Kier molecular flexibility index (Phi) is 3.95. The van der Waals surface area contributed by atoms with E-state index in [4.69, 9.17) is 5.11 Å². The van der Waals surface area contributed by atoms with Gasteiger partial charge in [0, 0.05) is 31.3 Å². The lowest BCUT2D eigenvalue weighted by Crippen LogP contribution is -2.49. The molecule has 1 aromatic carbocycles. The number of halogens is 3. The number of aliphatic hydroxyl groups is 1. The lowest BCUT2D eigenvalue weighted by atomic mass is 10.0. The molecule has 2 N–H and O–H groups in total. The number of hydrogen-bond donors (Lipinski definition) is 2. The lowest BCUT2D eigenvalue weighted by Gasteiger charge is -2.39. The van der Waals surface area contributed by atoms with Gasteiger partial charge in [0.15, 0.2) is 5.65 Å². The fourth-order valence-corrected chi connectivity index (χ4v) is 2.93. The van der Waals surface area contributed by atoms with Crippen molar-refractivity contribution in [3.05, 3.63) is 48.0 Å². The second kappa shape index (κ2) is 6.17. The van der Waals surface area contributed by atoms with E-state index in [9.17, 15) is 13.2 Å². The van der Waals surface area contributed by atoms with Gasteiger partial charge >= 0.3 is 6.18 Å². The molecule has 26 heavy (non-hydrogen) atoms. The van der Waals surface area contributed by atoms with Gasteiger partial charge < -0.3 is 15.3 Å². The first-order valence-corrected chi connectivity index (χ1v) is 8.10. The summed E-state index contributed by atoms with van der Waals surface area (Å²) in [7, 11) is 0. The molecule has 0 atom stereocenters. The van der Waals surface area contributed by atoms with Crippen LogP contribution in [0.25, 0.3) is 5.65 Å². The summed E-state index contributed by atoms with van der Waals surface area (Å²) in [6.07, 6.45) is -4.36. The van der Waals surface area contributed by atoms with E-state index in [1.54, 1.807) is 10.6 Å². The van der Waals surface area contributed by atoms with Crippen LogP contribution < -0.4 is 10.2 Å². The summed E-state index contributed by atoms with van der Waals surface area (Å²) >= 11 is 0. The van der Waals surface area contributed by atoms with E-state index in [1.165, 1.54) is 12.1 Å². The van der Waals surface area contributed by atoms with Gasteiger partial charge in [0.1, 0.15) is 5.82 Å². The largest absolute Gasteiger partial charge is 0.416 e. The van der Waals surface area contributed by atoms with E-state index in [-0.39, 0.29) is 12.5 Å². The van der Waals surface area contributed by atoms with Crippen molar-refractivity contribution in [2.24, 2.45) is 5.92 Å². The molecule has 1 aliphatic heterocycles. The molecule has 0 amide bonds. The van der Waals surface area contributed by atoms with E-state index < -0.39 is 11.7 Å². The first-order chi connectivity index (χ1) is 12.4. The molecule has 1 fully saturated rings. The molecular formula is C17H16F3N5O. The van der Waals surface area contributed by atoms with Crippen LogP contribution in [0.1, 0.15) is 5.56 Å². The Bertz CT molecular complexity index is 916. The van der Waals surface area contributed by atoms with Crippen LogP contribution in [-0.4, -0.2) is 39.4 Å². The molecular weight excluding hydrogens is 347 g/mol. The zero-order valence-electron chi connectivity index (χ0n) is 13.6. The topological polar surface area (TPSA) is 65.7 Å². The van der Waals surface area contributed by atoms with Crippen LogP contribution >= 0.6 is 0 Å². The fraction of sp³-hybridized carbons (Fsp3) is 0.294. The minimum Gasteiger partial charge on any atom is -0.396 e. The van der Waals surface area contributed by atoms with Crippen LogP contribution in [0.5, 0.6) is 0 Å². The van der Waals surface area contributed by atoms with Crippen LogP contribution in [0.3, 0.4) is 0 Å². The Morgan fingerprint density at radius 1 is 1.12 bits per heavy atom. The molecule has 0 aliphatic carbocycles. The summed E-state index contributed by atoms with van der Waals surface area (Å²) < 4.78 is 39.6. The number of fused-ring (bicyclic) bond motifs is 1. The molecule has 0 saturated carbocycles. The number of aliphatic hydroxyl groups excluding tert-OH is 1. The second-order valence-corrected chi connectivity index (χ2v) is 6.24. The molecule has 4 rings (SSSR count). The maximum atomic E-state index is 12.6. The Morgan fingerprint density at radius 3 is 2.50 bits per heavy atom. The van der Waals surface area contributed by atoms with Crippen molar-refractivity contribution in [1.82, 2.24) is 14.6 Å². The zero-order valence-corrected chi connectivity index (χ0v) is 13.6. The fourth-order valence-electron chi connectivity index (χ4n) is 2.93. The number of rotatable bonds is 4. The number of nitrogens with one attached hydrogen (secondary N) is 1. The monoisotopic (exact) mass is 363 g/mol. The highest BCUT2D eigenvalue weighted by Gasteiger charge is 2.30. The molecule has 136 valence electrons. The van der Waals surface area contributed by atoms with Crippen molar-refractivity contribution in [1.29, 1.82) is 0 Å². The molecule has 0 bridgehead atoms. The third kappa shape index (κ3) is 3.05. The maximum absolute atomic E-state index is 12.6. The van der Waals surface area contributed by atoms with Crippen molar-refractivity contribution in [3.63, 3.8) is 0 Å². The molecule has 0 unspecified atom stereocenters. The number of alkyl halides is 3. The highest BCUT2D eigenvalue weighted by Crippen LogP contribution is 2.30. The van der Waals surface area contributed by atoms with Crippen LogP contribution in [-0.2, 0) is 6.18 Å². The summed E-state index contributed by atoms with van der Waals surface area (Å²) in [4.78, 5) is 6.45. The number of anilines is 3. The second-order valence-electron chi connectivity index (χ2n) is 6.24. The van der Waals surface area contributed by atoms with Crippen molar-refractivity contribution in [2.45, 2.75) is 6.18 Å². The summed E-state index contributed by atoms with van der Waals surface area (Å²) in [6, 6.07) is 10.3. The Morgan fingerprint density at radius 2 is 1.85 bits per heavy atom. The lowest BCUT2D eigenvalue weighted by molar-refractivity contribution is -0.137. The number of hydrogen-bond acceptors (Lipinski definition) is 5. The molecule has 3 heterocycles. The summed E-state index contributed by atoms with van der Waals surface area (Å²) in [5, 5.41) is 16.5. The van der Waals surface area contributed by atoms with Gasteiger partial charge in [-0.05, 0) is 36.4 Å². The third-order valence-corrected chi connectivity index (χ3v) is 4.35. The normalized spacial score (nSPS) is 15.3. The zero-order chi connectivity index (χ0) is 18.3. The third-order valence-electron chi connectivity index (χ3n) is 4.35. The van der Waals surface area contributed by atoms with Crippen molar-refractivity contribution in [2.75, 3.05) is 29.9 Å². The minimum absolute atomic E-state index is 0.157. The Balaban J connectivity index is 1.56. The van der Waals surface area contributed by atoms with Crippen LogP contribution in [0.15, 0.2) is 42.5 Å². The molecule has 0 radical (unpaired) electrons. The maximum Gasteiger partial charge on any atom is 0.416 e. The van der Waals surface area contributed by atoms with Gasteiger partial charge in [0.25, 0.3) is 0 Å². The van der Waals surface area contributed by atoms with E-state index in [0.717, 1.165) is 31.0 Å². The molecule has 3 aromatic rings. The molecule has 9 heteroatoms. The standard InChI is InChI=1S/C17H16F3N5O/c18-17(19,20)12-4-6-13(7-5-12)21-16-22-14-2-1-3-15(25(14)23-16)24-8-11(9-24)10-26/h1-7,11,26H,8-10H2,(H,21,23). The predicted molar refractivity (Wildman–Crippen MR) is 90.5 cm³/mol. The van der Waals surface area contributed by atoms with Gasteiger partial charge in [-0.15, -0.1) is 5.10 Å². The molecule has 2 aromatic heterocycles. The van der Waals surface area contributed by atoms with Gasteiger partial charge in [-0.3, -0.25) is 0 Å². The molecule has 1 aliphatic rings. The van der Waals surface area contributed by atoms with Crippen LogP contribution in [0, 0.1) is 5.92 Å². The Hall–Kier alpha value is -2.81. The smallest absolute Gasteiger partial charge is 0.396 e. The average Bonchev–Trinajstić information content (AvgIpc) is 2.96. The van der Waals surface area contributed by atoms with E-state index in [1.807, 2.05) is 12.1 Å². The molecule has 6 nitrogen and oxygen atoms in total. The van der Waals surface area contributed by atoms with Crippen LogP contribution in [0.4, 0.5) is 30.6 Å². The van der Waals surface area contributed by atoms with Gasteiger partial charge in [0.2, 0.25) is 5.95 Å². The molecule has 1 saturated heterocycles. The predicted octanol–water partition coefficient (Wildman–Crippen LogP) is 2.92. The minimum atomic E-state index is -4.36. The Labute approximate surface area is 146 Å². The van der Waals surface area contributed by atoms with E-state index in [0.29, 0.717) is 17.3 Å². The van der Waals surface area contributed by atoms with Crippen LogP contribution in [0.2, 0.25) is 0 Å². The first-order valence-electron chi connectivity index (χ1n) is 8.10. The van der Waals surface area contributed by atoms with Crippen molar-refractivity contribution < 1.29 is 18.3 Å². The van der Waals surface area contributed by atoms with E-state index in [2.05, 4.69) is 20.3 Å². The quantitative estimate of drug-likeness (QED) is 0.746. The van der Waals surface area contributed by atoms with Gasteiger partial charge in [-0.25, -0.2) is 0 Å². The number of nitrogens with zero attached hydrogens (tertiary/aromatic N) is 4. The van der Waals surface area contributed by atoms with Gasteiger partial charge in [0.05, 0.1) is 5.56 Å². The summed E-state index contributed by atoms with van der Waals surface area (Å²) in [5.74, 6) is 1.43.